The molecule has 7 rings (SSSR count). The van der Waals surface area contributed by atoms with Crippen molar-refractivity contribution in [2.75, 3.05) is 0 Å². The average Bonchev–Trinajstić information content (AvgIpc) is 3.01. The van der Waals surface area contributed by atoms with Gasteiger partial charge in [-0.1, -0.05) is 158 Å². The summed E-state index contributed by atoms with van der Waals surface area (Å²) in [5.74, 6) is 0. The largest absolute Gasteiger partial charge is 0.0616 e. The SMILES string of the molecule is c1ccc2c(-c3ccc(-c4ccc(-c5ccc(-c6cccc7ccccc67)cc5)cc4)cc3)cccc2c1. The quantitative estimate of drug-likeness (QED) is 0.234. The maximum Gasteiger partial charge on any atom is -0.0105 e. The number of benzene rings is 7. The van der Waals surface area contributed by atoms with Gasteiger partial charge in [0.05, 0.1) is 0 Å². The van der Waals surface area contributed by atoms with Gasteiger partial charge in [-0.3, -0.25) is 0 Å². The lowest BCUT2D eigenvalue weighted by Crippen LogP contribution is -1.84. The summed E-state index contributed by atoms with van der Waals surface area (Å²) in [6.07, 6.45) is 0. The molecule has 0 aliphatic carbocycles. The first-order valence-corrected chi connectivity index (χ1v) is 13.1. The predicted octanol–water partition coefficient (Wildman–Crippen LogP) is 10.7. The van der Waals surface area contributed by atoms with E-state index in [-0.39, 0.29) is 0 Å². The summed E-state index contributed by atoms with van der Waals surface area (Å²) in [5, 5.41) is 5.13. The van der Waals surface area contributed by atoms with Crippen LogP contribution in [0.25, 0.3) is 66.1 Å². The molecule has 7 aromatic rings. The van der Waals surface area contributed by atoms with Gasteiger partial charge in [0.25, 0.3) is 0 Å². The van der Waals surface area contributed by atoms with Crippen LogP contribution in [0.4, 0.5) is 0 Å². The Balaban J connectivity index is 1.14. The van der Waals surface area contributed by atoms with E-state index in [1.807, 2.05) is 0 Å². The van der Waals surface area contributed by atoms with Crippen LogP contribution in [-0.2, 0) is 0 Å². The Labute approximate surface area is 223 Å². The van der Waals surface area contributed by atoms with Gasteiger partial charge in [-0.2, -0.15) is 0 Å². The summed E-state index contributed by atoms with van der Waals surface area (Å²) in [5.41, 5.74) is 9.95. The third-order valence-electron chi connectivity index (χ3n) is 7.52. The van der Waals surface area contributed by atoms with Gasteiger partial charge >= 0.3 is 0 Å². The van der Waals surface area contributed by atoms with Crippen LogP contribution in [-0.4, -0.2) is 0 Å². The number of hydrogen-bond acceptors (Lipinski definition) is 0. The van der Waals surface area contributed by atoms with Crippen molar-refractivity contribution in [1.82, 2.24) is 0 Å². The topological polar surface area (TPSA) is 0 Å². The zero-order valence-corrected chi connectivity index (χ0v) is 21.0. The molecular formula is C38H26. The summed E-state index contributed by atoms with van der Waals surface area (Å²) >= 11 is 0. The highest BCUT2D eigenvalue weighted by atomic mass is 14.1. The standard InChI is InChI=1S/C38H26/c1-3-11-35-31(7-1)9-5-13-37(35)33-23-19-29(20-24-33)27-15-17-28(18-16-27)30-21-25-34(26-22-30)38-14-6-10-32-8-2-4-12-36(32)38/h1-26H. The molecule has 0 saturated heterocycles. The van der Waals surface area contributed by atoms with Crippen LogP contribution in [0.2, 0.25) is 0 Å². The minimum atomic E-state index is 1.23. The third kappa shape index (κ3) is 4.07. The molecule has 0 aliphatic heterocycles. The molecule has 0 saturated carbocycles. The number of fused-ring (bicyclic) bond motifs is 2. The van der Waals surface area contributed by atoms with Crippen LogP contribution in [0.15, 0.2) is 158 Å². The highest BCUT2D eigenvalue weighted by Crippen LogP contribution is 2.33. The molecular weight excluding hydrogens is 456 g/mol. The molecule has 0 aliphatic rings. The second-order valence-corrected chi connectivity index (χ2v) is 9.79. The van der Waals surface area contributed by atoms with E-state index in [0.29, 0.717) is 0 Å². The fraction of sp³-hybridized carbons (Fsp3) is 0. The van der Waals surface area contributed by atoms with E-state index >= 15 is 0 Å². The number of hydrogen-bond donors (Lipinski definition) is 0. The van der Waals surface area contributed by atoms with E-state index in [2.05, 4.69) is 158 Å². The van der Waals surface area contributed by atoms with Crippen LogP contribution < -0.4 is 0 Å². The average molecular weight is 483 g/mol. The molecule has 178 valence electrons. The molecule has 0 spiro atoms. The van der Waals surface area contributed by atoms with Gasteiger partial charge in [-0.25, -0.2) is 0 Å². The van der Waals surface area contributed by atoms with E-state index in [1.165, 1.54) is 66.1 Å². The van der Waals surface area contributed by atoms with Crippen molar-refractivity contribution in [2.45, 2.75) is 0 Å². The van der Waals surface area contributed by atoms with Crippen LogP contribution in [0, 0.1) is 0 Å². The predicted molar refractivity (Wildman–Crippen MR) is 163 cm³/mol. The van der Waals surface area contributed by atoms with Crippen LogP contribution in [0.3, 0.4) is 0 Å². The monoisotopic (exact) mass is 482 g/mol. The summed E-state index contributed by atoms with van der Waals surface area (Å²) in [6.45, 7) is 0. The molecule has 38 heavy (non-hydrogen) atoms. The first-order chi connectivity index (χ1) is 18.8. The Hall–Kier alpha value is -4.94. The molecule has 0 radical (unpaired) electrons. The van der Waals surface area contributed by atoms with Crippen molar-refractivity contribution in [3.63, 3.8) is 0 Å². The van der Waals surface area contributed by atoms with E-state index in [9.17, 15) is 0 Å². The third-order valence-corrected chi connectivity index (χ3v) is 7.52. The molecule has 0 aromatic heterocycles. The lowest BCUT2D eigenvalue weighted by atomic mass is 9.94. The first-order valence-electron chi connectivity index (χ1n) is 13.1. The van der Waals surface area contributed by atoms with Gasteiger partial charge in [-0.05, 0) is 66.1 Å². The molecule has 0 atom stereocenters. The Morgan fingerprint density at radius 3 is 0.868 bits per heavy atom. The molecule has 0 bridgehead atoms. The molecule has 0 heteroatoms. The van der Waals surface area contributed by atoms with Crippen molar-refractivity contribution in [3.05, 3.63) is 158 Å². The van der Waals surface area contributed by atoms with Crippen molar-refractivity contribution < 1.29 is 0 Å². The highest BCUT2D eigenvalue weighted by molar-refractivity contribution is 5.98. The summed E-state index contributed by atoms with van der Waals surface area (Å²) in [7, 11) is 0. The molecule has 0 fully saturated rings. The summed E-state index contributed by atoms with van der Waals surface area (Å²) in [4.78, 5) is 0. The molecule has 0 amide bonds. The zero-order valence-electron chi connectivity index (χ0n) is 21.0. The Kier molecular flexibility index (Phi) is 5.57. The van der Waals surface area contributed by atoms with Crippen molar-refractivity contribution >= 4 is 21.5 Å². The first kappa shape index (κ1) is 22.3. The normalized spacial score (nSPS) is 11.2. The Morgan fingerprint density at radius 2 is 0.500 bits per heavy atom. The van der Waals surface area contributed by atoms with E-state index in [4.69, 9.17) is 0 Å². The van der Waals surface area contributed by atoms with Crippen molar-refractivity contribution in [2.24, 2.45) is 0 Å². The van der Waals surface area contributed by atoms with Crippen LogP contribution >= 0.6 is 0 Å². The molecule has 0 heterocycles. The van der Waals surface area contributed by atoms with Crippen LogP contribution in [0.1, 0.15) is 0 Å². The van der Waals surface area contributed by atoms with Gasteiger partial charge < -0.3 is 0 Å². The second kappa shape index (κ2) is 9.50. The Bertz CT molecular complexity index is 1720. The lowest BCUT2D eigenvalue weighted by molar-refractivity contribution is 1.58. The van der Waals surface area contributed by atoms with Crippen molar-refractivity contribution in [1.29, 1.82) is 0 Å². The second-order valence-electron chi connectivity index (χ2n) is 9.79. The van der Waals surface area contributed by atoms with E-state index in [1.54, 1.807) is 0 Å². The molecule has 0 N–H and O–H groups in total. The van der Waals surface area contributed by atoms with Gasteiger partial charge in [-0.15, -0.1) is 0 Å². The molecule has 0 unspecified atom stereocenters. The van der Waals surface area contributed by atoms with Gasteiger partial charge in [0.1, 0.15) is 0 Å². The van der Waals surface area contributed by atoms with Gasteiger partial charge in [0.15, 0.2) is 0 Å². The maximum absolute atomic E-state index is 2.23. The fourth-order valence-corrected chi connectivity index (χ4v) is 5.49. The minimum absolute atomic E-state index is 1.23. The molecule has 0 nitrogen and oxygen atoms in total. The summed E-state index contributed by atoms with van der Waals surface area (Å²) < 4.78 is 0. The molecule has 7 aromatic carbocycles. The van der Waals surface area contributed by atoms with E-state index < -0.39 is 0 Å². The maximum atomic E-state index is 2.23. The highest BCUT2D eigenvalue weighted by Gasteiger charge is 2.07. The lowest BCUT2D eigenvalue weighted by Gasteiger charge is -2.10. The Morgan fingerprint density at radius 1 is 0.211 bits per heavy atom. The van der Waals surface area contributed by atoms with Gasteiger partial charge in [0.2, 0.25) is 0 Å². The zero-order chi connectivity index (χ0) is 25.3. The summed E-state index contributed by atoms with van der Waals surface area (Å²) in [6, 6.07) is 56.9. The minimum Gasteiger partial charge on any atom is -0.0616 e. The van der Waals surface area contributed by atoms with Gasteiger partial charge in [0, 0.05) is 0 Å². The fourth-order valence-electron chi connectivity index (χ4n) is 5.49. The van der Waals surface area contributed by atoms with Crippen molar-refractivity contribution in [3.8, 4) is 44.5 Å². The number of rotatable bonds is 4. The smallest absolute Gasteiger partial charge is 0.0105 e. The van der Waals surface area contributed by atoms with Crippen LogP contribution in [0.5, 0.6) is 0 Å². The van der Waals surface area contributed by atoms with E-state index in [0.717, 1.165) is 0 Å².